The third-order valence-corrected chi connectivity index (χ3v) is 5.15. The topological polar surface area (TPSA) is 79.2 Å². The molecule has 2 fully saturated rings. The minimum Gasteiger partial charge on any atom is -0.352 e. The zero-order valence-electron chi connectivity index (χ0n) is 14.4. The summed E-state index contributed by atoms with van der Waals surface area (Å²) in [7, 11) is 1.91. The molecule has 8 nitrogen and oxygen atoms in total. The number of rotatable bonds is 3. The minimum atomic E-state index is -0.00716. The quantitative estimate of drug-likeness (QED) is 0.837. The molecule has 0 aliphatic carbocycles. The molecule has 132 valence electrons. The zero-order chi connectivity index (χ0) is 17.2. The van der Waals surface area contributed by atoms with Gasteiger partial charge in [0.05, 0.1) is 18.3 Å². The summed E-state index contributed by atoms with van der Waals surface area (Å²) in [4.78, 5) is 25.7. The number of carbonyl (C=O) groups is 1. The first-order chi connectivity index (χ1) is 12.2. The molecule has 0 bridgehead atoms. The third kappa shape index (κ3) is 3.21. The summed E-state index contributed by atoms with van der Waals surface area (Å²) in [6.45, 7) is 4.62. The van der Waals surface area contributed by atoms with Crippen molar-refractivity contribution >= 4 is 11.7 Å². The number of piperazine rings is 1. The molecule has 2 aliphatic rings. The van der Waals surface area contributed by atoms with E-state index in [-0.39, 0.29) is 17.7 Å². The van der Waals surface area contributed by atoms with Crippen molar-refractivity contribution in [1.29, 1.82) is 0 Å². The second kappa shape index (κ2) is 6.79. The second-order valence-corrected chi connectivity index (χ2v) is 6.69. The predicted molar refractivity (Wildman–Crippen MR) is 93.1 cm³/mol. The maximum absolute atomic E-state index is 13.0. The highest BCUT2D eigenvalue weighted by molar-refractivity contribution is 5.81. The molecule has 2 atom stereocenters. The van der Waals surface area contributed by atoms with Gasteiger partial charge in [-0.05, 0) is 5.56 Å². The molecule has 1 N–H and O–H groups in total. The second-order valence-electron chi connectivity index (χ2n) is 6.69. The average Bonchev–Trinajstić information content (AvgIpc) is 3.31. The van der Waals surface area contributed by atoms with E-state index in [0.717, 1.165) is 50.6 Å². The number of carbonyl (C=O) groups excluding carboxylic acids is 1. The van der Waals surface area contributed by atoms with Crippen molar-refractivity contribution in [2.45, 2.75) is 5.92 Å². The summed E-state index contributed by atoms with van der Waals surface area (Å²) in [5, 5.41) is 7.63. The van der Waals surface area contributed by atoms with Crippen LogP contribution in [0.15, 0.2) is 31.0 Å². The van der Waals surface area contributed by atoms with Crippen LogP contribution in [0.2, 0.25) is 0 Å². The Labute approximate surface area is 146 Å². The van der Waals surface area contributed by atoms with Crippen LogP contribution in [-0.2, 0) is 11.8 Å². The van der Waals surface area contributed by atoms with Gasteiger partial charge in [0.25, 0.3) is 0 Å². The van der Waals surface area contributed by atoms with E-state index in [2.05, 4.69) is 25.3 Å². The molecule has 0 saturated carbocycles. The molecule has 2 aliphatic heterocycles. The highest BCUT2D eigenvalue weighted by Crippen LogP contribution is 2.29. The monoisotopic (exact) mass is 341 g/mol. The van der Waals surface area contributed by atoms with E-state index in [1.54, 1.807) is 23.3 Å². The molecular formula is C17H23N7O. The van der Waals surface area contributed by atoms with Gasteiger partial charge in [0, 0.05) is 70.8 Å². The largest absolute Gasteiger partial charge is 0.352 e. The molecular weight excluding hydrogens is 318 g/mol. The Kier molecular flexibility index (Phi) is 4.35. The van der Waals surface area contributed by atoms with Gasteiger partial charge in [-0.2, -0.15) is 5.10 Å². The maximum Gasteiger partial charge on any atom is 0.227 e. The molecule has 0 radical (unpaired) electrons. The van der Waals surface area contributed by atoms with Crippen molar-refractivity contribution < 1.29 is 4.79 Å². The van der Waals surface area contributed by atoms with Crippen LogP contribution >= 0.6 is 0 Å². The first kappa shape index (κ1) is 16.0. The number of hydrogen-bond acceptors (Lipinski definition) is 6. The highest BCUT2D eigenvalue weighted by atomic mass is 16.2. The minimum absolute atomic E-state index is 0.00716. The van der Waals surface area contributed by atoms with E-state index in [4.69, 9.17) is 0 Å². The van der Waals surface area contributed by atoms with E-state index in [0.29, 0.717) is 0 Å². The fourth-order valence-electron chi connectivity index (χ4n) is 3.77. The van der Waals surface area contributed by atoms with Gasteiger partial charge < -0.3 is 15.1 Å². The van der Waals surface area contributed by atoms with Crippen molar-refractivity contribution in [3.8, 4) is 0 Å². The molecule has 8 heteroatoms. The Morgan fingerprint density at radius 1 is 1.16 bits per heavy atom. The summed E-state index contributed by atoms with van der Waals surface area (Å²) in [5.74, 6) is 1.33. The van der Waals surface area contributed by atoms with Crippen LogP contribution in [0, 0.1) is 5.92 Å². The number of amides is 1. The summed E-state index contributed by atoms with van der Waals surface area (Å²) in [6.07, 6.45) is 9.05. The van der Waals surface area contributed by atoms with Crippen LogP contribution in [-0.4, -0.2) is 69.8 Å². The molecule has 4 heterocycles. The Balaban J connectivity index is 1.40. The van der Waals surface area contributed by atoms with Crippen LogP contribution < -0.4 is 10.2 Å². The first-order valence-electron chi connectivity index (χ1n) is 8.71. The number of hydrogen-bond donors (Lipinski definition) is 1. The SMILES string of the molecule is Cn1cc([C@H]2CNC[C@@H]2C(=O)N2CCN(c3cnccn3)CC2)cn1. The Morgan fingerprint density at radius 3 is 2.68 bits per heavy atom. The van der Waals surface area contributed by atoms with Crippen LogP contribution in [0.1, 0.15) is 11.5 Å². The van der Waals surface area contributed by atoms with Gasteiger partial charge in [0.15, 0.2) is 0 Å². The third-order valence-electron chi connectivity index (χ3n) is 5.15. The molecule has 0 unspecified atom stereocenters. The molecule has 2 saturated heterocycles. The summed E-state index contributed by atoms with van der Waals surface area (Å²) in [5.41, 5.74) is 1.14. The smallest absolute Gasteiger partial charge is 0.227 e. The van der Waals surface area contributed by atoms with E-state index in [1.807, 2.05) is 24.3 Å². The van der Waals surface area contributed by atoms with Crippen molar-refractivity contribution in [3.05, 3.63) is 36.5 Å². The zero-order valence-corrected chi connectivity index (χ0v) is 14.4. The fraction of sp³-hybridized carbons (Fsp3) is 0.529. The lowest BCUT2D eigenvalue weighted by molar-refractivity contribution is -0.135. The molecule has 1 amide bonds. The van der Waals surface area contributed by atoms with Crippen LogP contribution in [0.25, 0.3) is 0 Å². The van der Waals surface area contributed by atoms with Gasteiger partial charge in [-0.15, -0.1) is 0 Å². The van der Waals surface area contributed by atoms with Gasteiger partial charge in [-0.1, -0.05) is 0 Å². The average molecular weight is 341 g/mol. The molecule has 0 spiro atoms. The molecule has 4 rings (SSSR count). The van der Waals surface area contributed by atoms with Gasteiger partial charge in [-0.25, -0.2) is 4.98 Å². The van der Waals surface area contributed by atoms with Crippen LogP contribution in [0.5, 0.6) is 0 Å². The van der Waals surface area contributed by atoms with Gasteiger partial charge in [0.1, 0.15) is 5.82 Å². The maximum atomic E-state index is 13.0. The van der Waals surface area contributed by atoms with Crippen molar-refractivity contribution in [2.24, 2.45) is 13.0 Å². The Hall–Kier alpha value is -2.48. The van der Waals surface area contributed by atoms with E-state index in [9.17, 15) is 4.79 Å². The molecule has 25 heavy (non-hydrogen) atoms. The van der Waals surface area contributed by atoms with Crippen LogP contribution in [0.3, 0.4) is 0 Å². The standard InChI is InChI=1S/C17H23N7O/c1-22-12-13(8-21-22)14-9-19-10-15(14)17(25)24-6-4-23(5-7-24)16-11-18-2-3-20-16/h2-3,8,11-12,14-15,19H,4-7,9-10H2,1H3/t14-,15+/m1/s1. The lowest BCUT2D eigenvalue weighted by atomic mass is 9.89. The highest BCUT2D eigenvalue weighted by Gasteiger charge is 2.37. The normalized spacial score (nSPS) is 23.9. The number of aromatic nitrogens is 4. The number of nitrogens with zero attached hydrogens (tertiary/aromatic N) is 6. The number of nitrogens with one attached hydrogen (secondary N) is 1. The van der Waals surface area contributed by atoms with E-state index >= 15 is 0 Å². The molecule has 0 aromatic carbocycles. The van der Waals surface area contributed by atoms with Gasteiger partial charge in [-0.3, -0.25) is 14.5 Å². The van der Waals surface area contributed by atoms with Crippen molar-refractivity contribution in [3.63, 3.8) is 0 Å². The van der Waals surface area contributed by atoms with Crippen LogP contribution in [0.4, 0.5) is 5.82 Å². The lowest BCUT2D eigenvalue weighted by Gasteiger charge is -2.37. The Bertz CT molecular complexity index is 724. The predicted octanol–water partition coefficient (Wildman–Crippen LogP) is -0.138. The van der Waals surface area contributed by atoms with Gasteiger partial charge >= 0.3 is 0 Å². The fourth-order valence-corrected chi connectivity index (χ4v) is 3.77. The first-order valence-corrected chi connectivity index (χ1v) is 8.71. The lowest BCUT2D eigenvalue weighted by Crippen LogP contribution is -2.51. The Morgan fingerprint density at radius 2 is 2.00 bits per heavy atom. The summed E-state index contributed by atoms with van der Waals surface area (Å²) >= 11 is 0. The van der Waals surface area contributed by atoms with E-state index < -0.39 is 0 Å². The molecule has 2 aromatic heterocycles. The summed E-state index contributed by atoms with van der Waals surface area (Å²) < 4.78 is 1.80. The number of anilines is 1. The summed E-state index contributed by atoms with van der Waals surface area (Å²) in [6, 6.07) is 0. The van der Waals surface area contributed by atoms with Crippen molar-refractivity contribution in [1.82, 2.24) is 30.0 Å². The van der Waals surface area contributed by atoms with Crippen molar-refractivity contribution in [2.75, 3.05) is 44.2 Å². The molecule has 2 aromatic rings. The van der Waals surface area contributed by atoms with E-state index in [1.165, 1.54) is 0 Å². The number of aryl methyl sites for hydroxylation is 1. The van der Waals surface area contributed by atoms with Gasteiger partial charge in [0.2, 0.25) is 5.91 Å².